The van der Waals surface area contributed by atoms with Crippen molar-refractivity contribution in [2.24, 2.45) is 0 Å². The summed E-state index contributed by atoms with van der Waals surface area (Å²) in [5.41, 5.74) is 0.884. The lowest BCUT2D eigenvalue weighted by atomic mass is 10.2. The second-order valence-electron chi connectivity index (χ2n) is 4.22. The molecule has 3 N–H and O–H groups in total. The number of aromatic nitrogens is 1. The Kier molecular flexibility index (Phi) is 3.69. The number of hydrogen-bond donors (Lipinski definition) is 3. The number of hydrogen-bond acceptors (Lipinski definition) is 3. The van der Waals surface area contributed by atoms with Gasteiger partial charge in [-0.2, -0.15) is 0 Å². The first kappa shape index (κ1) is 13.6. The van der Waals surface area contributed by atoms with Crippen molar-refractivity contribution in [2.75, 3.05) is 13.1 Å². The first-order valence-corrected chi connectivity index (χ1v) is 5.78. The zero-order chi connectivity index (χ0) is 14.7. The molecule has 104 valence electrons. The van der Waals surface area contributed by atoms with E-state index in [4.69, 9.17) is 10.2 Å². The lowest BCUT2D eigenvalue weighted by Gasteiger charge is -2.17. The lowest BCUT2D eigenvalue weighted by Crippen LogP contribution is -2.39. The quantitative estimate of drug-likeness (QED) is 0.747. The molecule has 0 unspecified atom stereocenters. The Labute approximate surface area is 113 Å². The van der Waals surface area contributed by atoms with E-state index in [0.717, 1.165) is 15.8 Å². The third-order valence-corrected chi connectivity index (χ3v) is 2.70. The summed E-state index contributed by atoms with van der Waals surface area (Å²) in [6.45, 7) is -1.33. The number of H-pyrrole nitrogens is 1. The fourth-order valence-corrected chi connectivity index (χ4v) is 1.88. The molecule has 0 aliphatic carbocycles. The number of amides is 1. The molecule has 1 heterocycles. The summed E-state index contributed by atoms with van der Waals surface area (Å²) in [5, 5.41) is 18.3. The first-order valence-electron chi connectivity index (χ1n) is 5.78. The molecule has 7 heteroatoms. The van der Waals surface area contributed by atoms with Crippen molar-refractivity contribution >= 4 is 28.7 Å². The molecule has 0 fully saturated rings. The summed E-state index contributed by atoms with van der Waals surface area (Å²) in [5.74, 6) is -3.20. The Bertz CT molecular complexity index is 627. The maximum absolute atomic E-state index is 12.2. The number of nitrogens with one attached hydrogen (secondary N) is 1. The van der Waals surface area contributed by atoms with Crippen molar-refractivity contribution < 1.29 is 24.6 Å². The molecule has 0 saturated heterocycles. The van der Waals surface area contributed by atoms with Gasteiger partial charge >= 0.3 is 11.9 Å². The summed E-state index contributed by atoms with van der Waals surface area (Å²) in [7, 11) is 0. The molecule has 7 nitrogen and oxygen atoms in total. The number of para-hydroxylation sites is 1. The van der Waals surface area contributed by atoms with Gasteiger partial charge < -0.3 is 20.1 Å². The number of nitrogens with zero attached hydrogens (tertiary/aromatic N) is 1. The molecule has 2 aromatic rings. The largest absolute Gasteiger partial charge is 0.480 e. The molecular formula is C13H12N2O5. The average molecular weight is 276 g/mol. The SMILES string of the molecule is O=C(O)CN(CC(=O)O)C(=O)c1cc2ccccc2[nH]1. The standard InChI is InChI=1S/C13H12N2O5/c16-11(17)6-15(7-12(18)19)13(20)10-5-8-3-1-2-4-9(8)14-10/h1-5,14H,6-7H2,(H,16,17)(H,18,19). The maximum atomic E-state index is 12.2. The minimum absolute atomic E-state index is 0.161. The van der Waals surface area contributed by atoms with Crippen LogP contribution in [0.25, 0.3) is 10.9 Å². The van der Waals surface area contributed by atoms with Gasteiger partial charge in [-0.25, -0.2) is 0 Å². The molecule has 1 aromatic heterocycles. The molecule has 1 aromatic carbocycles. The van der Waals surface area contributed by atoms with Gasteiger partial charge in [-0.3, -0.25) is 14.4 Å². The lowest BCUT2D eigenvalue weighted by molar-refractivity contribution is -0.140. The van der Waals surface area contributed by atoms with Crippen LogP contribution in [0.2, 0.25) is 0 Å². The first-order chi connectivity index (χ1) is 9.47. The fraction of sp³-hybridized carbons (Fsp3) is 0.154. The van der Waals surface area contributed by atoms with Gasteiger partial charge in [-0.15, -0.1) is 0 Å². The highest BCUT2D eigenvalue weighted by Crippen LogP contribution is 2.16. The van der Waals surface area contributed by atoms with Gasteiger partial charge in [0.1, 0.15) is 18.8 Å². The minimum Gasteiger partial charge on any atom is -0.480 e. The van der Waals surface area contributed by atoms with Gasteiger partial charge in [-0.1, -0.05) is 18.2 Å². The summed E-state index contributed by atoms with van der Waals surface area (Å²) in [6.07, 6.45) is 0. The minimum atomic E-state index is -1.27. The average Bonchev–Trinajstić information content (AvgIpc) is 2.79. The molecule has 0 atom stereocenters. The summed E-state index contributed by atoms with van der Waals surface area (Å²) in [4.78, 5) is 37.2. The Morgan fingerprint density at radius 3 is 2.20 bits per heavy atom. The Hall–Kier alpha value is -2.83. The van der Waals surface area contributed by atoms with E-state index in [9.17, 15) is 14.4 Å². The highest BCUT2D eigenvalue weighted by atomic mass is 16.4. The van der Waals surface area contributed by atoms with Gasteiger partial charge in [0.05, 0.1) is 0 Å². The molecule has 0 saturated carbocycles. The number of aliphatic carboxylic acids is 2. The van der Waals surface area contributed by atoms with E-state index < -0.39 is 30.9 Å². The number of aromatic amines is 1. The number of benzene rings is 1. The van der Waals surface area contributed by atoms with E-state index in [1.54, 1.807) is 30.3 Å². The third kappa shape index (κ3) is 2.94. The van der Waals surface area contributed by atoms with Crippen LogP contribution in [0.4, 0.5) is 0 Å². The molecule has 2 rings (SSSR count). The van der Waals surface area contributed by atoms with Gasteiger partial charge in [-0.05, 0) is 12.1 Å². The van der Waals surface area contributed by atoms with Gasteiger partial charge in [0, 0.05) is 10.9 Å². The normalized spacial score (nSPS) is 10.4. The highest BCUT2D eigenvalue weighted by molar-refractivity contribution is 6.00. The molecule has 0 radical (unpaired) electrons. The highest BCUT2D eigenvalue weighted by Gasteiger charge is 2.22. The zero-order valence-electron chi connectivity index (χ0n) is 10.4. The number of carboxylic acids is 2. The number of carbonyl (C=O) groups excluding carboxylic acids is 1. The molecular weight excluding hydrogens is 264 g/mol. The molecule has 0 aliphatic heterocycles. The van der Waals surface area contributed by atoms with Crippen molar-refractivity contribution in [1.82, 2.24) is 9.88 Å². The van der Waals surface area contributed by atoms with Gasteiger partial charge in [0.2, 0.25) is 0 Å². The Morgan fingerprint density at radius 2 is 1.65 bits per heavy atom. The molecule has 20 heavy (non-hydrogen) atoms. The number of carboxylic acid groups (broad SMARTS) is 2. The number of fused-ring (bicyclic) bond motifs is 1. The molecule has 1 amide bonds. The molecule has 0 spiro atoms. The van der Waals surface area contributed by atoms with Crippen LogP contribution in [0.1, 0.15) is 10.5 Å². The van der Waals surface area contributed by atoms with Gasteiger partial charge in [0.15, 0.2) is 0 Å². The van der Waals surface area contributed by atoms with Crippen molar-refractivity contribution in [3.05, 3.63) is 36.0 Å². The zero-order valence-corrected chi connectivity index (χ0v) is 10.4. The van der Waals surface area contributed by atoms with E-state index in [0.29, 0.717) is 0 Å². The number of rotatable bonds is 5. The van der Waals surface area contributed by atoms with Crippen LogP contribution in [-0.4, -0.2) is 51.0 Å². The summed E-state index contributed by atoms with van der Waals surface area (Å²) in [6, 6.07) is 8.72. The van der Waals surface area contributed by atoms with Crippen LogP contribution in [0.3, 0.4) is 0 Å². The predicted molar refractivity (Wildman–Crippen MR) is 69.5 cm³/mol. The van der Waals surface area contributed by atoms with E-state index in [1.165, 1.54) is 0 Å². The molecule has 0 aliphatic rings. The van der Waals surface area contributed by atoms with Crippen LogP contribution in [0, 0.1) is 0 Å². The van der Waals surface area contributed by atoms with Crippen LogP contribution in [0.5, 0.6) is 0 Å². The van der Waals surface area contributed by atoms with E-state index in [-0.39, 0.29) is 5.69 Å². The van der Waals surface area contributed by atoms with E-state index >= 15 is 0 Å². The van der Waals surface area contributed by atoms with Crippen molar-refractivity contribution in [3.63, 3.8) is 0 Å². The fourth-order valence-electron chi connectivity index (χ4n) is 1.88. The monoisotopic (exact) mass is 276 g/mol. The second-order valence-corrected chi connectivity index (χ2v) is 4.22. The Balaban J connectivity index is 2.29. The van der Waals surface area contributed by atoms with Crippen LogP contribution < -0.4 is 0 Å². The van der Waals surface area contributed by atoms with Crippen LogP contribution >= 0.6 is 0 Å². The van der Waals surface area contributed by atoms with E-state index in [2.05, 4.69) is 4.98 Å². The van der Waals surface area contributed by atoms with Crippen LogP contribution in [0.15, 0.2) is 30.3 Å². The summed E-state index contributed by atoms with van der Waals surface area (Å²) < 4.78 is 0. The van der Waals surface area contributed by atoms with Gasteiger partial charge in [0.25, 0.3) is 5.91 Å². The van der Waals surface area contributed by atoms with Crippen molar-refractivity contribution in [1.29, 1.82) is 0 Å². The van der Waals surface area contributed by atoms with Crippen molar-refractivity contribution in [2.45, 2.75) is 0 Å². The molecule has 0 bridgehead atoms. The van der Waals surface area contributed by atoms with Crippen LogP contribution in [-0.2, 0) is 9.59 Å². The van der Waals surface area contributed by atoms with Crippen molar-refractivity contribution in [3.8, 4) is 0 Å². The Morgan fingerprint density at radius 1 is 1.05 bits per heavy atom. The topological polar surface area (TPSA) is 111 Å². The second kappa shape index (κ2) is 5.43. The maximum Gasteiger partial charge on any atom is 0.323 e. The predicted octanol–water partition coefficient (Wildman–Crippen LogP) is 0.779. The number of carbonyl (C=O) groups is 3. The van der Waals surface area contributed by atoms with E-state index in [1.807, 2.05) is 0 Å². The smallest absolute Gasteiger partial charge is 0.323 e. The summed E-state index contributed by atoms with van der Waals surface area (Å²) >= 11 is 0. The third-order valence-electron chi connectivity index (χ3n) is 2.70.